The van der Waals surface area contributed by atoms with E-state index in [9.17, 15) is 13.2 Å². The monoisotopic (exact) mass is 354 g/mol. The summed E-state index contributed by atoms with van der Waals surface area (Å²) in [5.41, 5.74) is 0.538. The largest absolute Gasteiger partial charge is 0.493 e. The molecule has 0 radical (unpaired) electrons. The lowest BCUT2D eigenvalue weighted by Gasteiger charge is -2.21. The molecule has 2 aliphatic rings. The first-order chi connectivity index (χ1) is 11.4. The fourth-order valence-corrected chi connectivity index (χ4v) is 4.77. The first-order valence-corrected chi connectivity index (χ1v) is 9.71. The quantitative estimate of drug-likeness (QED) is 0.828. The van der Waals surface area contributed by atoms with Gasteiger partial charge in [-0.1, -0.05) is 6.07 Å². The Bertz CT molecular complexity index is 743. The molecule has 2 amide bonds. The zero-order valence-corrected chi connectivity index (χ0v) is 14.6. The van der Waals surface area contributed by atoms with Crippen LogP contribution in [0.15, 0.2) is 18.2 Å². The van der Waals surface area contributed by atoms with Crippen molar-refractivity contribution < 1.29 is 22.7 Å². The van der Waals surface area contributed by atoms with Gasteiger partial charge in [0.1, 0.15) is 0 Å². The molecular weight excluding hydrogens is 332 g/mol. The van der Waals surface area contributed by atoms with Gasteiger partial charge in [-0.2, -0.15) is 0 Å². The minimum absolute atomic E-state index is 0.0176. The normalized spacial score (nSPS) is 23.3. The molecule has 1 aliphatic carbocycles. The number of carbonyl (C=O) groups excluding carboxylic acids is 1. The number of nitrogens with one attached hydrogen (secondary N) is 2. The van der Waals surface area contributed by atoms with Crippen LogP contribution in [0.4, 0.5) is 4.79 Å². The summed E-state index contributed by atoms with van der Waals surface area (Å²) in [5, 5.41) is 5.75. The molecule has 3 rings (SSSR count). The number of urea groups is 1. The van der Waals surface area contributed by atoms with Gasteiger partial charge in [-0.05, 0) is 37.0 Å². The van der Waals surface area contributed by atoms with E-state index in [-0.39, 0.29) is 23.6 Å². The number of hydrogen-bond acceptors (Lipinski definition) is 5. The Labute approximate surface area is 141 Å². The van der Waals surface area contributed by atoms with Crippen molar-refractivity contribution in [1.82, 2.24) is 10.6 Å². The number of rotatable bonds is 5. The molecule has 1 atom stereocenters. The first kappa shape index (κ1) is 16.9. The van der Waals surface area contributed by atoms with Gasteiger partial charge in [0, 0.05) is 6.04 Å². The van der Waals surface area contributed by atoms with Gasteiger partial charge in [0.15, 0.2) is 21.3 Å². The number of ether oxygens (including phenoxy) is 2. The molecule has 1 saturated heterocycles. The lowest BCUT2D eigenvalue weighted by Crippen LogP contribution is -2.46. The zero-order chi connectivity index (χ0) is 17.4. The standard InChI is InChI=1S/C16H22N2O5S/c1-22-13-4-3-11(9-14(13)23-2)16(6-7-16)18-15(19)17-12-5-8-24(20,21)10-12/h3-4,9,12H,5-8,10H2,1-2H3,(H2,17,18,19). The van der Waals surface area contributed by atoms with E-state index in [1.165, 1.54) is 0 Å². The molecule has 1 saturated carbocycles. The van der Waals surface area contributed by atoms with Gasteiger partial charge >= 0.3 is 6.03 Å². The number of sulfone groups is 1. The summed E-state index contributed by atoms with van der Waals surface area (Å²) in [6.45, 7) is 0. The molecular formula is C16H22N2O5S. The van der Waals surface area contributed by atoms with Crippen LogP contribution in [0.2, 0.25) is 0 Å². The van der Waals surface area contributed by atoms with Crippen molar-refractivity contribution in [2.45, 2.75) is 30.8 Å². The lowest BCUT2D eigenvalue weighted by molar-refractivity contribution is 0.233. The van der Waals surface area contributed by atoms with Crippen LogP contribution in [0, 0.1) is 0 Å². The first-order valence-electron chi connectivity index (χ1n) is 7.89. The molecule has 132 valence electrons. The molecule has 7 nitrogen and oxygen atoms in total. The summed E-state index contributed by atoms with van der Waals surface area (Å²) in [4.78, 5) is 12.2. The second-order valence-corrected chi connectivity index (χ2v) is 8.58. The van der Waals surface area contributed by atoms with Crippen molar-refractivity contribution in [3.8, 4) is 11.5 Å². The maximum absolute atomic E-state index is 12.2. The van der Waals surface area contributed by atoms with E-state index in [1.54, 1.807) is 14.2 Å². The van der Waals surface area contributed by atoms with E-state index in [4.69, 9.17) is 9.47 Å². The zero-order valence-electron chi connectivity index (χ0n) is 13.8. The van der Waals surface area contributed by atoms with Gasteiger partial charge in [0.2, 0.25) is 0 Å². The highest BCUT2D eigenvalue weighted by atomic mass is 32.2. The van der Waals surface area contributed by atoms with Crippen LogP contribution >= 0.6 is 0 Å². The van der Waals surface area contributed by atoms with E-state index < -0.39 is 15.4 Å². The van der Waals surface area contributed by atoms with Crippen molar-refractivity contribution in [2.75, 3.05) is 25.7 Å². The summed E-state index contributed by atoms with van der Waals surface area (Å²) in [6, 6.07) is 4.96. The summed E-state index contributed by atoms with van der Waals surface area (Å²) < 4.78 is 33.5. The van der Waals surface area contributed by atoms with Gasteiger partial charge in [0.05, 0.1) is 31.3 Å². The van der Waals surface area contributed by atoms with Crippen LogP contribution in [0.25, 0.3) is 0 Å². The highest BCUT2D eigenvalue weighted by Crippen LogP contribution is 2.47. The maximum Gasteiger partial charge on any atom is 0.315 e. The molecule has 0 aromatic heterocycles. The number of amides is 2. The lowest BCUT2D eigenvalue weighted by atomic mass is 10.0. The van der Waals surface area contributed by atoms with E-state index in [2.05, 4.69) is 10.6 Å². The van der Waals surface area contributed by atoms with Gasteiger partial charge in [-0.25, -0.2) is 13.2 Å². The third-order valence-corrected chi connectivity index (χ3v) is 6.37. The summed E-state index contributed by atoms with van der Waals surface area (Å²) in [5.74, 6) is 1.41. The number of carbonyl (C=O) groups is 1. The molecule has 0 bridgehead atoms. The average Bonchev–Trinajstić information content (AvgIpc) is 3.24. The summed E-state index contributed by atoms with van der Waals surface area (Å²) in [7, 11) is 0.136. The Morgan fingerprint density at radius 3 is 2.46 bits per heavy atom. The Morgan fingerprint density at radius 1 is 1.21 bits per heavy atom. The van der Waals surface area contributed by atoms with Crippen molar-refractivity contribution in [1.29, 1.82) is 0 Å². The molecule has 2 fully saturated rings. The van der Waals surface area contributed by atoms with Crippen molar-refractivity contribution in [3.05, 3.63) is 23.8 Å². The van der Waals surface area contributed by atoms with Crippen LogP contribution in [-0.2, 0) is 15.4 Å². The molecule has 1 unspecified atom stereocenters. The highest BCUT2D eigenvalue weighted by Gasteiger charge is 2.46. The van der Waals surface area contributed by atoms with Gasteiger partial charge in [-0.15, -0.1) is 0 Å². The summed E-state index contributed by atoms with van der Waals surface area (Å²) in [6.07, 6.45) is 2.14. The maximum atomic E-state index is 12.2. The minimum Gasteiger partial charge on any atom is -0.493 e. The average molecular weight is 354 g/mol. The predicted molar refractivity (Wildman–Crippen MR) is 89.2 cm³/mol. The number of benzene rings is 1. The van der Waals surface area contributed by atoms with Gasteiger partial charge in [-0.3, -0.25) is 0 Å². The Hall–Kier alpha value is -1.96. The van der Waals surface area contributed by atoms with Crippen LogP contribution in [0.5, 0.6) is 11.5 Å². The van der Waals surface area contributed by atoms with Crippen molar-refractivity contribution in [2.24, 2.45) is 0 Å². The van der Waals surface area contributed by atoms with E-state index >= 15 is 0 Å². The van der Waals surface area contributed by atoms with E-state index in [0.29, 0.717) is 17.9 Å². The van der Waals surface area contributed by atoms with Crippen LogP contribution in [0.1, 0.15) is 24.8 Å². The Kier molecular flexibility index (Phi) is 4.33. The second-order valence-electron chi connectivity index (χ2n) is 6.35. The molecule has 1 aromatic carbocycles. The van der Waals surface area contributed by atoms with Gasteiger partial charge in [0.25, 0.3) is 0 Å². The second kappa shape index (κ2) is 6.16. The summed E-state index contributed by atoms with van der Waals surface area (Å²) >= 11 is 0. The third-order valence-electron chi connectivity index (χ3n) is 4.61. The van der Waals surface area contributed by atoms with E-state index in [0.717, 1.165) is 18.4 Å². The minimum atomic E-state index is -3.01. The molecule has 1 aliphatic heterocycles. The third kappa shape index (κ3) is 3.43. The van der Waals surface area contributed by atoms with Crippen LogP contribution < -0.4 is 20.1 Å². The SMILES string of the molecule is COc1ccc(C2(NC(=O)NC3CCS(=O)(=O)C3)CC2)cc1OC. The van der Waals surface area contributed by atoms with Gasteiger partial charge < -0.3 is 20.1 Å². The molecule has 0 spiro atoms. The number of methoxy groups -OCH3 is 2. The van der Waals surface area contributed by atoms with Crippen molar-refractivity contribution in [3.63, 3.8) is 0 Å². The fraction of sp³-hybridized carbons (Fsp3) is 0.562. The molecule has 2 N–H and O–H groups in total. The highest BCUT2D eigenvalue weighted by molar-refractivity contribution is 7.91. The molecule has 24 heavy (non-hydrogen) atoms. The van der Waals surface area contributed by atoms with E-state index in [1.807, 2.05) is 18.2 Å². The smallest absolute Gasteiger partial charge is 0.315 e. The predicted octanol–water partition coefficient (Wildman–Crippen LogP) is 1.18. The van der Waals surface area contributed by atoms with Crippen molar-refractivity contribution >= 4 is 15.9 Å². The molecule has 1 heterocycles. The van der Waals surface area contributed by atoms with Crippen LogP contribution in [-0.4, -0.2) is 46.2 Å². The molecule has 1 aromatic rings. The number of hydrogen-bond donors (Lipinski definition) is 2. The Morgan fingerprint density at radius 2 is 1.92 bits per heavy atom. The molecule has 8 heteroatoms. The fourth-order valence-electron chi connectivity index (χ4n) is 3.09. The Balaban J connectivity index is 1.67. The topological polar surface area (TPSA) is 93.7 Å². The van der Waals surface area contributed by atoms with Crippen LogP contribution in [0.3, 0.4) is 0 Å².